The summed E-state index contributed by atoms with van der Waals surface area (Å²) in [6.07, 6.45) is 3.52. The van der Waals surface area contributed by atoms with E-state index in [1.165, 1.54) is 0 Å². The second kappa shape index (κ2) is 7.91. The summed E-state index contributed by atoms with van der Waals surface area (Å²) >= 11 is 0. The second-order valence-electron chi connectivity index (χ2n) is 8.68. The first-order valence-corrected chi connectivity index (χ1v) is 10.4. The molecule has 0 unspecified atom stereocenters. The summed E-state index contributed by atoms with van der Waals surface area (Å²) in [6, 6.07) is 18.1. The average molecular weight is 410 g/mol. The Morgan fingerprint density at radius 1 is 0.774 bits per heavy atom. The van der Waals surface area contributed by atoms with Crippen molar-refractivity contribution in [1.82, 2.24) is 9.97 Å². The Labute approximate surface area is 184 Å². The molecule has 1 fully saturated rings. The van der Waals surface area contributed by atoms with Crippen LogP contribution in [0.3, 0.4) is 0 Å². The van der Waals surface area contributed by atoms with Gasteiger partial charge in [0.2, 0.25) is 0 Å². The SMILES string of the molecule is C=Cc1nc(-c2ccccc2)nc(-c2ccc(B3OC(C)(C)C(C)(C)O3)cc2)c1C=C. The quantitative estimate of drug-likeness (QED) is 0.529. The summed E-state index contributed by atoms with van der Waals surface area (Å²) in [5.74, 6) is 0.658. The molecule has 5 heteroatoms. The van der Waals surface area contributed by atoms with E-state index in [0.29, 0.717) is 5.82 Å². The topological polar surface area (TPSA) is 44.2 Å². The monoisotopic (exact) mass is 410 g/mol. The number of hydrogen-bond acceptors (Lipinski definition) is 4. The van der Waals surface area contributed by atoms with Gasteiger partial charge in [0.25, 0.3) is 0 Å². The standard InChI is InChI=1S/C26H27BN2O2/c1-7-21-22(8-2)28-24(19-12-10-9-11-13-19)29-23(21)18-14-16-20(17-15-18)27-30-25(3,4)26(5,6)31-27/h7-17H,1-2H2,3-6H3. The van der Waals surface area contributed by atoms with Crippen LogP contribution < -0.4 is 5.46 Å². The van der Waals surface area contributed by atoms with Gasteiger partial charge in [0.15, 0.2) is 5.82 Å². The van der Waals surface area contributed by atoms with Gasteiger partial charge in [0.05, 0.1) is 22.6 Å². The Kier molecular flexibility index (Phi) is 5.42. The molecule has 1 aliphatic rings. The van der Waals surface area contributed by atoms with E-state index >= 15 is 0 Å². The van der Waals surface area contributed by atoms with Crippen molar-refractivity contribution in [3.05, 3.63) is 79.0 Å². The molecule has 0 bridgehead atoms. The summed E-state index contributed by atoms with van der Waals surface area (Å²) in [7, 11) is -0.396. The molecule has 0 saturated carbocycles. The lowest BCUT2D eigenvalue weighted by Gasteiger charge is -2.32. The van der Waals surface area contributed by atoms with Crippen LogP contribution in [-0.2, 0) is 9.31 Å². The summed E-state index contributed by atoms with van der Waals surface area (Å²) in [4.78, 5) is 9.56. The third kappa shape index (κ3) is 3.87. The molecule has 0 N–H and O–H groups in total. The molecule has 0 atom stereocenters. The van der Waals surface area contributed by atoms with Crippen LogP contribution >= 0.6 is 0 Å². The first kappa shape index (κ1) is 21.2. The van der Waals surface area contributed by atoms with Crippen molar-refractivity contribution in [1.29, 1.82) is 0 Å². The summed E-state index contributed by atoms with van der Waals surface area (Å²) in [5.41, 5.74) is 4.59. The first-order valence-electron chi connectivity index (χ1n) is 10.4. The second-order valence-corrected chi connectivity index (χ2v) is 8.68. The fourth-order valence-electron chi connectivity index (χ4n) is 3.56. The molecule has 2 heterocycles. The summed E-state index contributed by atoms with van der Waals surface area (Å²) < 4.78 is 12.4. The van der Waals surface area contributed by atoms with Gasteiger partial charge in [0, 0.05) is 16.7 Å². The van der Waals surface area contributed by atoms with Gasteiger partial charge in [-0.2, -0.15) is 0 Å². The highest BCUT2D eigenvalue weighted by Crippen LogP contribution is 2.36. The van der Waals surface area contributed by atoms with E-state index in [2.05, 4.69) is 40.9 Å². The molecular weight excluding hydrogens is 383 g/mol. The molecule has 0 aliphatic carbocycles. The van der Waals surface area contributed by atoms with Gasteiger partial charge in [0.1, 0.15) is 0 Å². The van der Waals surface area contributed by atoms with Gasteiger partial charge in [-0.25, -0.2) is 9.97 Å². The van der Waals surface area contributed by atoms with E-state index in [1.807, 2.05) is 54.6 Å². The fraction of sp³-hybridized carbons (Fsp3) is 0.231. The van der Waals surface area contributed by atoms with Crippen LogP contribution in [0.15, 0.2) is 67.8 Å². The number of nitrogens with zero attached hydrogens (tertiary/aromatic N) is 2. The average Bonchev–Trinajstić information content (AvgIpc) is 3.00. The fourth-order valence-corrected chi connectivity index (χ4v) is 3.56. The van der Waals surface area contributed by atoms with E-state index in [4.69, 9.17) is 19.3 Å². The van der Waals surface area contributed by atoms with E-state index in [0.717, 1.165) is 33.5 Å². The van der Waals surface area contributed by atoms with Crippen LogP contribution in [0.4, 0.5) is 0 Å². The highest BCUT2D eigenvalue weighted by Gasteiger charge is 2.51. The molecule has 3 aromatic rings. The van der Waals surface area contributed by atoms with Crippen LogP contribution in [-0.4, -0.2) is 28.3 Å². The van der Waals surface area contributed by atoms with Crippen LogP contribution in [0, 0.1) is 0 Å². The van der Waals surface area contributed by atoms with Gasteiger partial charge >= 0.3 is 7.12 Å². The third-order valence-corrected chi connectivity index (χ3v) is 6.11. The number of hydrogen-bond donors (Lipinski definition) is 0. The predicted octanol–water partition coefficient (Wildman–Crippen LogP) is 5.40. The van der Waals surface area contributed by atoms with Crippen molar-refractivity contribution in [3.8, 4) is 22.6 Å². The van der Waals surface area contributed by atoms with E-state index in [9.17, 15) is 0 Å². The largest absolute Gasteiger partial charge is 0.494 e. The lowest BCUT2D eigenvalue weighted by molar-refractivity contribution is 0.00578. The Morgan fingerprint density at radius 3 is 1.94 bits per heavy atom. The zero-order valence-electron chi connectivity index (χ0n) is 18.6. The number of rotatable bonds is 5. The molecule has 31 heavy (non-hydrogen) atoms. The van der Waals surface area contributed by atoms with Gasteiger partial charge in [-0.1, -0.05) is 73.8 Å². The Bertz CT molecular complexity index is 1110. The molecule has 1 saturated heterocycles. The minimum atomic E-state index is -0.396. The van der Waals surface area contributed by atoms with Gasteiger partial charge in [-0.3, -0.25) is 0 Å². The zero-order valence-corrected chi connectivity index (χ0v) is 18.6. The first-order chi connectivity index (χ1) is 14.8. The molecular formula is C26H27BN2O2. The summed E-state index contributed by atoms with van der Waals surface area (Å²) in [6.45, 7) is 16.1. The highest BCUT2D eigenvalue weighted by molar-refractivity contribution is 6.62. The molecule has 1 aliphatic heterocycles. The predicted molar refractivity (Wildman–Crippen MR) is 129 cm³/mol. The lowest BCUT2D eigenvalue weighted by atomic mass is 9.78. The van der Waals surface area contributed by atoms with Crippen molar-refractivity contribution < 1.29 is 9.31 Å². The van der Waals surface area contributed by atoms with Gasteiger partial charge in [-0.05, 0) is 39.2 Å². The van der Waals surface area contributed by atoms with Crippen molar-refractivity contribution in [2.45, 2.75) is 38.9 Å². The maximum absolute atomic E-state index is 6.18. The number of aromatic nitrogens is 2. The smallest absolute Gasteiger partial charge is 0.399 e. The van der Waals surface area contributed by atoms with Crippen LogP contribution in [0.25, 0.3) is 34.8 Å². The van der Waals surface area contributed by atoms with Crippen LogP contribution in [0.1, 0.15) is 39.0 Å². The van der Waals surface area contributed by atoms with Crippen molar-refractivity contribution in [3.63, 3.8) is 0 Å². The molecule has 4 nitrogen and oxygen atoms in total. The van der Waals surface area contributed by atoms with E-state index in [1.54, 1.807) is 12.2 Å². The Hall–Kier alpha value is -3.02. The summed E-state index contributed by atoms with van der Waals surface area (Å²) in [5, 5.41) is 0. The van der Waals surface area contributed by atoms with Crippen molar-refractivity contribution in [2.75, 3.05) is 0 Å². The third-order valence-electron chi connectivity index (χ3n) is 6.11. The maximum Gasteiger partial charge on any atom is 0.494 e. The molecule has 4 rings (SSSR count). The Morgan fingerprint density at radius 2 is 1.39 bits per heavy atom. The van der Waals surface area contributed by atoms with Crippen molar-refractivity contribution in [2.24, 2.45) is 0 Å². The normalized spacial score (nSPS) is 16.8. The van der Waals surface area contributed by atoms with Gasteiger partial charge < -0.3 is 9.31 Å². The molecule has 0 radical (unpaired) electrons. The van der Waals surface area contributed by atoms with Crippen LogP contribution in [0.5, 0.6) is 0 Å². The highest BCUT2D eigenvalue weighted by atomic mass is 16.7. The van der Waals surface area contributed by atoms with Gasteiger partial charge in [-0.15, -0.1) is 0 Å². The minimum Gasteiger partial charge on any atom is -0.399 e. The molecule has 0 spiro atoms. The van der Waals surface area contributed by atoms with E-state index in [-0.39, 0.29) is 11.2 Å². The molecule has 0 amide bonds. The lowest BCUT2D eigenvalue weighted by Crippen LogP contribution is -2.41. The van der Waals surface area contributed by atoms with Crippen LogP contribution in [0.2, 0.25) is 0 Å². The Balaban J connectivity index is 1.74. The maximum atomic E-state index is 6.18. The number of benzene rings is 2. The zero-order chi connectivity index (χ0) is 22.2. The molecule has 2 aromatic carbocycles. The molecule has 1 aromatic heterocycles. The minimum absolute atomic E-state index is 0.373. The molecule has 156 valence electrons. The van der Waals surface area contributed by atoms with E-state index < -0.39 is 7.12 Å². The van der Waals surface area contributed by atoms with Crippen molar-refractivity contribution >= 4 is 24.7 Å².